The number of hydrogen-bond acceptors (Lipinski definition) is 7. The molecule has 0 bridgehead atoms. The number of aromatic nitrogens is 4. The molecule has 0 aliphatic carbocycles. The number of anilines is 1. The molecule has 1 aliphatic heterocycles. The zero-order chi connectivity index (χ0) is 24.6. The average Bonchev–Trinajstić information content (AvgIpc) is 3.51. The summed E-state index contributed by atoms with van der Waals surface area (Å²) >= 11 is 0. The molecule has 9 heteroatoms. The van der Waals surface area contributed by atoms with Gasteiger partial charge in [0.15, 0.2) is 17.5 Å². The number of nitrogens with zero attached hydrogens (tertiary/aromatic N) is 4. The minimum absolute atomic E-state index is 0.115. The van der Waals surface area contributed by atoms with Gasteiger partial charge in [-0.1, -0.05) is 6.07 Å². The minimum atomic E-state index is -0.815. The molecule has 0 saturated carbocycles. The van der Waals surface area contributed by atoms with Crippen molar-refractivity contribution in [1.82, 2.24) is 19.7 Å². The summed E-state index contributed by atoms with van der Waals surface area (Å²) in [4.78, 5) is 17.6. The van der Waals surface area contributed by atoms with Crippen LogP contribution in [0.15, 0.2) is 53.1 Å². The summed E-state index contributed by atoms with van der Waals surface area (Å²) in [6.45, 7) is 4.45. The second kappa shape index (κ2) is 8.90. The second-order valence-electron chi connectivity index (χ2n) is 8.78. The van der Waals surface area contributed by atoms with Crippen LogP contribution in [0.1, 0.15) is 31.5 Å². The molecule has 2 aromatic heterocycles. The van der Waals surface area contributed by atoms with Gasteiger partial charge in [-0.2, -0.15) is 0 Å². The third-order valence-electron chi connectivity index (χ3n) is 6.50. The lowest BCUT2D eigenvalue weighted by atomic mass is 9.81. The number of carbonyl (C=O) groups excluding carboxylic acids is 1. The number of carbonyl (C=O) groups is 1. The predicted octanol–water partition coefficient (Wildman–Crippen LogP) is 4.62. The Bertz CT molecular complexity index is 1370. The van der Waals surface area contributed by atoms with Crippen molar-refractivity contribution >= 4 is 11.6 Å². The third-order valence-corrected chi connectivity index (χ3v) is 6.50. The van der Waals surface area contributed by atoms with Crippen LogP contribution in [0.4, 0.5) is 5.69 Å². The molecule has 0 radical (unpaired) electrons. The van der Waals surface area contributed by atoms with Crippen molar-refractivity contribution in [2.75, 3.05) is 19.5 Å². The van der Waals surface area contributed by atoms with Gasteiger partial charge < -0.3 is 23.8 Å². The van der Waals surface area contributed by atoms with Gasteiger partial charge >= 0.3 is 0 Å². The molecule has 9 nitrogen and oxygen atoms in total. The van der Waals surface area contributed by atoms with Crippen LogP contribution >= 0.6 is 0 Å². The molecule has 5 rings (SSSR count). The normalized spacial score (nSPS) is 17.0. The Morgan fingerprint density at radius 2 is 1.91 bits per heavy atom. The highest BCUT2D eigenvalue weighted by Gasteiger charge is 2.43. The van der Waals surface area contributed by atoms with Crippen LogP contribution in [0.3, 0.4) is 0 Å². The zero-order valence-electron chi connectivity index (χ0n) is 20.2. The molecule has 180 valence electrons. The van der Waals surface area contributed by atoms with E-state index in [1.165, 1.54) is 0 Å². The summed E-state index contributed by atoms with van der Waals surface area (Å²) in [6.07, 6.45) is 3.19. The van der Waals surface area contributed by atoms with Crippen molar-refractivity contribution in [3.05, 3.63) is 60.4 Å². The number of ether oxygens (including phenoxy) is 2. The average molecular weight is 474 g/mol. The first-order chi connectivity index (χ1) is 16.9. The molecule has 35 heavy (non-hydrogen) atoms. The lowest BCUT2D eigenvalue weighted by molar-refractivity contribution is -0.122. The molecule has 4 aromatic rings. The van der Waals surface area contributed by atoms with Crippen molar-refractivity contribution < 1.29 is 18.7 Å². The lowest BCUT2D eigenvalue weighted by Crippen LogP contribution is -2.42. The van der Waals surface area contributed by atoms with E-state index in [-0.39, 0.29) is 5.91 Å². The number of oxazole rings is 1. The topological polar surface area (TPSA) is 104 Å². The maximum atomic E-state index is 13.4. The zero-order valence-corrected chi connectivity index (χ0v) is 20.2. The van der Waals surface area contributed by atoms with Crippen LogP contribution in [0.5, 0.6) is 11.5 Å². The number of aryl methyl sites for hydroxylation is 1. The summed E-state index contributed by atoms with van der Waals surface area (Å²) in [5, 5.41) is 12.0. The highest BCUT2D eigenvalue weighted by Crippen LogP contribution is 2.38. The van der Waals surface area contributed by atoms with E-state index in [1.54, 1.807) is 27.3 Å². The Morgan fingerprint density at radius 1 is 1.11 bits per heavy atom. The van der Waals surface area contributed by atoms with Gasteiger partial charge in [-0.25, -0.2) is 4.98 Å². The van der Waals surface area contributed by atoms with E-state index in [4.69, 9.17) is 13.9 Å². The molecular weight excluding hydrogens is 446 g/mol. The maximum absolute atomic E-state index is 13.4. The minimum Gasteiger partial charge on any atom is -0.497 e. The van der Waals surface area contributed by atoms with E-state index in [2.05, 4.69) is 20.5 Å². The van der Waals surface area contributed by atoms with E-state index in [0.29, 0.717) is 41.2 Å². The van der Waals surface area contributed by atoms with Gasteiger partial charge in [-0.3, -0.25) is 4.79 Å². The molecular formula is C26H27N5O4. The largest absolute Gasteiger partial charge is 0.497 e. The van der Waals surface area contributed by atoms with Crippen molar-refractivity contribution in [2.24, 2.45) is 0 Å². The molecule has 2 aromatic carbocycles. The van der Waals surface area contributed by atoms with Crippen LogP contribution in [0.2, 0.25) is 0 Å². The standard InChI is InChI=1S/C26H27N5O4/c1-16-27-15-22(35-16)20-11-6-17(14-21(20)34-4)23-29-30-24-26(2,12-5-13-31(23)24)25(32)28-18-7-9-19(33-3)10-8-18/h6-11,14-15H,5,12-13H2,1-4H3,(H,28,32). The first-order valence-corrected chi connectivity index (χ1v) is 11.4. The van der Waals surface area contributed by atoms with Crippen LogP contribution < -0.4 is 14.8 Å². The van der Waals surface area contributed by atoms with E-state index in [9.17, 15) is 4.79 Å². The van der Waals surface area contributed by atoms with Crippen molar-refractivity contribution in [1.29, 1.82) is 0 Å². The Morgan fingerprint density at radius 3 is 2.60 bits per heavy atom. The monoisotopic (exact) mass is 473 g/mol. The van der Waals surface area contributed by atoms with Gasteiger partial charge in [0, 0.05) is 24.7 Å². The highest BCUT2D eigenvalue weighted by molar-refractivity contribution is 5.98. The Balaban J connectivity index is 1.46. The van der Waals surface area contributed by atoms with Crippen LogP contribution in [0.25, 0.3) is 22.7 Å². The van der Waals surface area contributed by atoms with Crippen LogP contribution in [-0.2, 0) is 16.8 Å². The molecule has 1 amide bonds. The Hall–Kier alpha value is -4.14. The third kappa shape index (κ3) is 4.03. The Kier molecular flexibility index (Phi) is 5.76. The summed E-state index contributed by atoms with van der Waals surface area (Å²) in [5.41, 5.74) is 1.54. The number of benzene rings is 2. The van der Waals surface area contributed by atoms with Gasteiger partial charge in [0.05, 0.1) is 26.0 Å². The molecule has 0 spiro atoms. The first kappa shape index (κ1) is 22.6. The van der Waals surface area contributed by atoms with Crippen molar-refractivity contribution in [3.8, 4) is 34.2 Å². The molecule has 1 aliphatic rings. The summed E-state index contributed by atoms with van der Waals surface area (Å²) in [5.74, 6) is 3.83. The van der Waals surface area contributed by atoms with Gasteiger partial charge in [0.1, 0.15) is 22.7 Å². The van der Waals surface area contributed by atoms with Gasteiger partial charge in [-0.05, 0) is 56.2 Å². The predicted molar refractivity (Wildman–Crippen MR) is 130 cm³/mol. The smallest absolute Gasteiger partial charge is 0.238 e. The Labute approximate surface area is 203 Å². The SMILES string of the molecule is COc1ccc(NC(=O)C2(C)CCCn3c(-c4ccc(-c5cnc(C)o5)c(OC)c4)nnc32)cc1. The number of hydrogen-bond donors (Lipinski definition) is 1. The van der Waals surface area contributed by atoms with E-state index >= 15 is 0 Å². The van der Waals surface area contributed by atoms with E-state index in [1.807, 2.05) is 54.0 Å². The number of nitrogens with one attached hydrogen (secondary N) is 1. The summed E-state index contributed by atoms with van der Waals surface area (Å²) < 4.78 is 18.5. The van der Waals surface area contributed by atoms with Crippen molar-refractivity contribution in [2.45, 2.75) is 38.6 Å². The fourth-order valence-corrected chi connectivity index (χ4v) is 4.52. The number of fused-ring (bicyclic) bond motifs is 1. The fourth-order valence-electron chi connectivity index (χ4n) is 4.52. The summed E-state index contributed by atoms with van der Waals surface area (Å²) in [7, 11) is 3.23. The highest BCUT2D eigenvalue weighted by atomic mass is 16.5. The van der Waals surface area contributed by atoms with Crippen LogP contribution in [-0.4, -0.2) is 39.9 Å². The molecule has 1 atom stereocenters. The second-order valence-corrected chi connectivity index (χ2v) is 8.78. The maximum Gasteiger partial charge on any atom is 0.238 e. The number of rotatable bonds is 6. The van der Waals surface area contributed by atoms with Gasteiger partial charge in [0.2, 0.25) is 5.91 Å². The van der Waals surface area contributed by atoms with E-state index in [0.717, 1.165) is 29.8 Å². The molecule has 1 unspecified atom stereocenters. The number of amides is 1. The first-order valence-electron chi connectivity index (χ1n) is 11.4. The lowest BCUT2D eigenvalue weighted by Gasteiger charge is -2.32. The molecule has 0 saturated heterocycles. The van der Waals surface area contributed by atoms with Crippen molar-refractivity contribution in [3.63, 3.8) is 0 Å². The molecule has 1 N–H and O–H groups in total. The van der Waals surface area contributed by atoms with Gasteiger partial charge in [-0.15, -0.1) is 10.2 Å². The van der Waals surface area contributed by atoms with Crippen LogP contribution in [0, 0.1) is 6.92 Å². The summed E-state index contributed by atoms with van der Waals surface area (Å²) in [6, 6.07) is 13.1. The fraction of sp³-hybridized carbons (Fsp3) is 0.308. The number of methoxy groups -OCH3 is 2. The molecule has 0 fully saturated rings. The quantitative estimate of drug-likeness (QED) is 0.436. The van der Waals surface area contributed by atoms with Gasteiger partial charge in [0.25, 0.3) is 0 Å². The molecule has 3 heterocycles. The van der Waals surface area contributed by atoms with E-state index < -0.39 is 5.41 Å².